The molecule has 1 heterocycles. The maximum atomic E-state index is 11.9. The molecule has 7 nitrogen and oxygen atoms in total. The molecular formula is C11H17N3O4S. The summed E-state index contributed by atoms with van der Waals surface area (Å²) in [7, 11) is -2.39. The highest BCUT2D eigenvalue weighted by molar-refractivity contribution is 7.87. The summed E-state index contributed by atoms with van der Waals surface area (Å²) in [6.07, 6.45) is 1.34. The van der Waals surface area contributed by atoms with E-state index >= 15 is 0 Å². The van der Waals surface area contributed by atoms with E-state index in [0.29, 0.717) is 5.69 Å². The predicted molar refractivity (Wildman–Crippen MR) is 69.6 cm³/mol. The van der Waals surface area contributed by atoms with Crippen LogP contribution in [0.25, 0.3) is 0 Å². The van der Waals surface area contributed by atoms with E-state index in [4.69, 9.17) is 5.11 Å². The van der Waals surface area contributed by atoms with Crippen LogP contribution in [-0.2, 0) is 15.0 Å². The van der Waals surface area contributed by atoms with Gasteiger partial charge in [0.1, 0.15) is 0 Å². The summed E-state index contributed by atoms with van der Waals surface area (Å²) in [4.78, 5) is 14.5. The molecule has 0 spiro atoms. The Kier molecular flexibility index (Phi) is 5.40. The van der Waals surface area contributed by atoms with Crippen LogP contribution >= 0.6 is 0 Å². The first-order valence-electron chi connectivity index (χ1n) is 5.69. The normalized spacial score (nSPS) is 13.4. The lowest BCUT2D eigenvalue weighted by Crippen LogP contribution is -2.40. The van der Waals surface area contributed by atoms with Crippen molar-refractivity contribution in [3.8, 4) is 0 Å². The number of hydrogen-bond acceptors (Lipinski definition) is 4. The van der Waals surface area contributed by atoms with E-state index in [-0.39, 0.29) is 13.0 Å². The largest absolute Gasteiger partial charge is 0.481 e. The summed E-state index contributed by atoms with van der Waals surface area (Å²) >= 11 is 0. The molecule has 0 bridgehead atoms. The molecule has 0 radical (unpaired) electrons. The van der Waals surface area contributed by atoms with Crippen LogP contribution < -0.4 is 4.72 Å². The number of nitrogens with zero attached hydrogens (tertiary/aromatic N) is 2. The number of nitrogens with one attached hydrogen (secondary N) is 1. The van der Waals surface area contributed by atoms with Gasteiger partial charge in [0.2, 0.25) is 0 Å². The lowest BCUT2D eigenvalue weighted by atomic mass is 10.2. The fraction of sp³-hybridized carbons (Fsp3) is 0.455. The van der Waals surface area contributed by atoms with Crippen molar-refractivity contribution in [2.75, 3.05) is 13.6 Å². The summed E-state index contributed by atoms with van der Waals surface area (Å²) in [5.41, 5.74) is 0.595. The number of carbonyl (C=O) groups is 1. The van der Waals surface area contributed by atoms with Crippen LogP contribution in [0.4, 0.5) is 0 Å². The predicted octanol–water partition coefficient (Wildman–Crippen LogP) is 0.384. The molecule has 1 unspecified atom stereocenters. The summed E-state index contributed by atoms with van der Waals surface area (Å²) in [6.45, 7) is 1.59. The first-order chi connectivity index (χ1) is 8.83. The molecule has 8 heteroatoms. The number of carboxylic acid groups (broad SMARTS) is 1. The number of rotatable bonds is 7. The molecule has 1 aromatic rings. The number of carboxylic acids is 1. The van der Waals surface area contributed by atoms with E-state index < -0.39 is 22.2 Å². The number of pyridine rings is 1. The Balaban J connectivity index is 2.66. The van der Waals surface area contributed by atoms with Crippen molar-refractivity contribution in [3.63, 3.8) is 0 Å². The molecule has 0 aromatic carbocycles. The van der Waals surface area contributed by atoms with Gasteiger partial charge in [0.25, 0.3) is 10.2 Å². The zero-order chi connectivity index (χ0) is 14.5. The van der Waals surface area contributed by atoms with Crippen LogP contribution in [0, 0.1) is 0 Å². The summed E-state index contributed by atoms with van der Waals surface area (Å²) in [5.74, 6) is -1.04. The minimum absolute atomic E-state index is 0.0837. The van der Waals surface area contributed by atoms with Crippen LogP contribution in [0.1, 0.15) is 25.1 Å². The van der Waals surface area contributed by atoms with Gasteiger partial charge in [-0.25, -0.2) is 0 Å². The Bertz CT molecular complexity index is 518. The van der Waals surface area contributed by atoms with Crippen LogP contribution in [0.15, 0.2) is 24.4 Å². The second-order valence-electron chi connectivity index (χ2n) is 4.06. The minimum Gasteiger partial charge on any atom is -0.481 e. The van der Waals surface area contributed by atoms with Gasteiger partial charge in [-0.3, -0.25) is 9.78 Å². The van der Waals surface area contributed by atoms with E-state index in [2.05, 4.69) is 9.71 Å². The average molecular weight is 287 g/mol. The minimum atomic E-state index is -3.72. The molecule has 1 rings (SSSR count). The van der Waals surface area contributed by atoms with Gasteiger partial charge >= 0.3 is 5.97 Å². The fourth-order valence-corrected chi connectivity index (χ4v) is 2.46. The number of aromatic nitrogens is 1. The van der Waals surface area contributed by atoms with Crippen molar-refractivity contribution in [2.45, 2.75) is 19.4 Å². The van der Waals surface area contributed by atoms with Crippen molar-refractivity contribution >= 4 is 16.2 Å². The number of aliphatic carboxylic acids is 1. The molecule has 19 heavy (non-hydrogen) atoms. The average Bonchev–Trinajstić information content (AvgIpc) is 2.36. The van der Waals surface area contributed by atoms with Crippen molar-refractivity contribution < 1.29 is 18.3 Å². The fourth-order valence-electron chi connectivity index (χ4n) is 1.38. The van der Waals surface area contributed by atoms with Gasteiger partial charge in [-0.15, -0.1) is 0 Å². The Hall–Kier alpha value is -1.51. The molecule has 106 valence electrons. The monoisotopic (exact) mass is 287 g/mol. The topological polar surface area (TPSA) is 99.6 Å². The van der Waals surface area contributed by atoms with E-state index in [9.17, 15) is 13.2 Å². The third kappa shape index (κ3) is 4.93. The summed E-state index contributed by atoms with van der Waals surface area (Å²) in [5, 5.41) is 8.54. The molecule has 0 aliphatic heterocycles. The van der Waals surface area contributed by atoms with Crippen LogP contribution in [0.5, 0.6) is 0 Å². The second kappa shape index (κ2) is 6.60. The van der Waals surface area contributed by atoms with Crippen molar-refractivity contribution in [3.05, 3.63) is 30.1 Å². The molecule has 1 aromatic heterocycles. The Morgan fingerprint density at radius 3 is 2.74 bits per heavy atom. The SMILES string of the molecule is CC(NS(=O)(=O)N(C)CCC(=O)O)c1ccccn1. The van der Waals surface area contributed by atoms with E-state index in [0.717, 1.165) is 4.31 Å². The molecule has 1 atom stereocenters. The van der Waals surface area contributed by atoms with Gasteiger partial charge < -0.3 is 5.11 Å². The van der Waals surface area contributed by atoms with Crippen molar-refractivity contribution in [1.82, 2.24) is 14.0 Å². The third-order valence-corrected chi connectivity index (χ3v) is 4.16. The van der Waals surface area contributed by atoms with Crippen LogP contribution in [0.2, 0.25) is 0 Å². The number of hydrogen-bond donors (Lipinski definition) is 2. The van der Waals surface area contributed by atoms with E-state index in [1.54, 1.807) is 31.3 Å². The molecule has 0 amide bonds. The summed E-state index contributed by atoms with van der Waals surface area (Å²) < 4.78 is 27.3. The van der Waals surface area contributed by atoms with E-state index in [1.807, 2.05) is 0 Å². The van der Waals surface area contributed by atoms with Gasteiger partial charge in [-0.2, -0.15) is 17.4 Å². The first-order valence-corrected chi connectivity index (χ1v) is 7.13. The quantitative estimate of drug-likeness (QED) is 0.755. The highest BCUT2D eigenvalue weighted by Gasteiger charge is 2.21. The van der Waals surface area contributed by atoms with Gasteiger partial charge in [0, 0.05) is 19.8 Å². The molecule has 0 saturated carbocycles. The molecule has 0 aliphatic carbocycles. The lowest BCUT2D eigenvalue weighted by molar-refractivity contribution is -0.137. The standard InChI is InChI=1S/C11H17N3O4S/c1-9(10-5-3-4-7-12-10)13-19(17,18)14(2)8-6-11(15)16/h3-5,7,9,13H,6,8H2,1-2H3,(H,15,16). The van der Waals surface area contributed by atoms with Gasteiger partial charge in [0.05, 0.1) is 18.2 Å². The molecular weight excluding hydrogens is 270 g/mol. The maximum Gasteiger partial charge on any atom is 0.304 e. The zero-order valence-corrected chi connectivity index (χ0v) is 11.6. The summed E-state index contributed by atoms with van der Waals surface area (Å²) in [6, 6.07) is 4.73. The molecule has 0 fully saturated rings. The van der Waals surface area contributed by atoms with Crippen LogP contribution in [-0.4, -0.2) is 42.4 Å². The van der Waals surface area contributed by atoms with E-state index in [1.165, 1.54) is 7.05 Å². The Morgan fingerprint density at radius 1 is 1.53 bits per heavy atom. The van der Waals surface area contributed by atoms with Gasteiger partial charge in [-0.05, 0) is 19.1 Å². The Labute approximate surface area is 112 Å². The smallest absolute Gasteiger partial charge is 0.304 e. The highest BCUT2D eigenvalue weighted by atomic mass is 32.2. The first kappa shape index (κ1) is 15.5. The highest BCUT2D eigenvalue weighted by Crippen LogP contribution is 2.10. The zero-order valence-electron chi connectivity index (χ0n) is 10.8. The molecule has 0 saturated heterocycles. The van der Waals surface area contributed by atoms with Crippen molar-refractivity contribution in [1.29, 1.82) is 0 Å². The Morgan fingerprint density at radius 2 is 2.21 bits per heavy atom. The third-order valence-electron chi connectivity index (χ3n) is 2.51. The maximum absolute atomic E-state index is 11.9. The molecule has 2 N–H and O–H groups in total. The van der Waals surface area contributed by atoms with Gasteiger partial charge in [-0.1, -0.05) is 6.07 Å². The van der Waals surface area contributed by atoms with Gasteiger partial charge in [0.15, 0.2) is 0 Å². The molecule has 0 aliphatic rings. The lowest BCUT2D eigenvalue weighted by Gasteiger charge is -2.20. The second-order valence-corrected chi connectivity index (χ2v) is 5.87. The van der Waals surface area contributed by atoms with Crippen LogP contribution in [0.3, 0.4) is 0 Å². The van der Waals surface area contributed by atoms with Crippen molar-refractivity contribution in [2.24, 2.45) is 0 Å².